The van der Waals surface area contributed by atoms with Crippen LogP contribution in [0.3, 0.4) is 0 Å². The molecular formula is C12H12O2S. The van der Waals surface area contributed by atoms with Crippen LogP contribution in [-0.4, -0.2) is 11.1 Å². The Labute approximate surface area is 92.2 Å². The summed E-state index contributed by atoms with van der Waals surface area (Å²) in [6.45, 7) is 4.24. The van der Waals surface area contributed by atoms with Crippen LogP contribution in [0, 0.1) is 0 Å². The first kappa shape index (κ1) is 10.2. The number of hydrogen-bond acceptors (Lipinski definition) is 2. The Hall–Kier alpha value is -1.35. The molecule has 3 heteroatoms. The zero-order valence-corrected chi connectivity index (χ0v) is 9.47. The minimum absolute atomic E-state index is 0.415. The molecule has 2 rings (SSSR count). The van der Waals surface area contributed by atoms with Crippen LogP contribution >= 0.6 is 11.3 Å². The number of carbonyl (C=O) groups is 1. The monoisotopic (exact) mass is 220 g/mol. The second-order valence-corrected chi connectivity index (χ2v) is 4.89. The quantitative estimate of drug-likeness (QED) is 0.837. The average Bonchev–Trinajstić information content (AvgIpc) is 2.60. The van der Waals surface area contributed by atoms with Gasteiger partial charge in [-0.3, -0.25) is 0 Å². The third-order valence-electron chi connectivity index (χ3n) is 2.41. The molecule has 0 aliphatic heterocycles. The van der Waals surface area contributed by atoms with Crippen LogP contribution in [0.4, 0.5) is 0 Å². The van der Waals surface area contributed by atoms with Crippen LogP contribution < -0.4 is 0 Å². The van der Waals surface area contributed by atoms with Crippen LogP contribution in [-0.2, 0) is 0 Å². The van der Waals surface area contributed by atoms with Gasteiger partial charge in [-0.1, -0.05) is 32.0 Å². The Morgan fingerprint density at radius 2 is 2.13 bits per heavy atom. The first-order valence-corrected chi connectivity index (χ1v) is 5.67. The highest BCUT2D eigenvalue weighted by atomic mass is 32.1. The molecule has 15 heavy (non-hydrogen) atoms. The van der Waals surface area contributed by atoms with Crippen molar-refractivity contribution >= 4 is 27.4 Å². The van der Waals surface area contributed by atoms with Crippen molar-refractivity contribution in [3.8, 4) is 0 Å². The van der Waals surface area contributed by atoms with Crippen LogP contribution in [0.25, 0.3) is 10.1 Å². The van der Waals surface area contributed by atoms with Gasteiger partial charge in [0.1, 0.15) is 4.88 Å². The third kappa shape index (κ3) is 1.75. The number of carboxylic acid groups (broad SMARTS) is 1. The van der Waals surface area contributed by atoms with Gasteiger partial charge in [0, 0.05) is 4.70 Å². The molecule has 0 radical (unpaired) electrons. The predicted octanol–water partition coefficient (Wildman–Crippen LogP) is 3.72. The highest BCUT2D eigenvalue weighted by Gasteiger charge is 2.12. The molecule has 0 saturated heterocycles. The number of thiophene rings is 1. The lowest BCUT2D eigenvalue weighted by Gasteiger charge is -2.05. The Morgan fingerprint density at radius 1 is 1.40 bits per heavy atom. The van der Waals surface area contributed by atoms with E-state index >= 15 is 0 Å². The highest BCUT2D eigenvalue weighted by Crippen LogP contribution is 2.32. The molecule has 2 aromatic rings. The maximum Gasteiger partial charge on any atom is 0.345 e. The van der Waals surface area contributed by atoms with Gasteiger partial charge in [-0.05, 0) is 22.9 Å². The lowest BCUT2D eigenvalue weighted by molar-refractivity contribution is 0.0702. The van der Waals surface area contributed by atoms with Crippen molar-refractivity contribution in [1.29, 1.82) is 0 Å². The summed E-state index contributed by atoms with van der Waals surface area (Å²) in [6.07, 6.45) is 0. The van der Waals surface area contributed by atoms with Crippen molar-refractivity contribution in [2.75, 3.05) is 0 Å². The van der Waals surface area contributed by atoms with Gasteiger partial charge in [-0.15, -0.1) is 11.3 Å². The fourth-order valence-electron chi connectivity index (χ4n) is 1.65. The van der Waals surface area contributed by atoms with Gasteiger partial charge >= 0.3 is 5.97 Å². The number of fused-ring (bicyclic) bond motifs is 1. The van der Waals surface area contributed by atoms with Gasteiger partial charge in [0.25, 0.3) is 0 Å². The van der Waals surface area contributed by atoms with E-state index < -0.39 is 5.97 Å². The van der Waals surface area contributed by atoms with Crippen LogP contribution in [0.5, 0.6) is 0 Å². The smallest absolute Gasteiger partial charge is 0.345 e. The van der Waals surface area contributed by atoms with E-state index in [0.29, 0.717) is 10.8 Å². The summed E-state index contributed by atoms with van der Waals surface area (Å²) in [5, 5.41) is 9.96. The summed E-state index contributed by atoms with van der Waals surface area (Å²) in [5.41, 5.74) is 1.23. The molecule has 0 amide bonds. The van der Waals surface area contributed by atoms with E-state index in [1.165, 1.54) is 16.9 Å². The predicted molar refractivity (Wildman–Crippen MR) is 62.9 cm³/mol. The Balaban J connectivity index is 2.69. The van der Waals surface area contributed by atoms with Gasteiger partial charge in [-0.2, -0.15) is 0 Å². The molecule has 2 nitrogen and oxygen atoms in total. The maximum atomic E-state index is 10.9. The van der Waals surface area contributed by atoms with E-state index in [9.17, 15) is 4.79 Å². The first-order valence-electron chi connectivity index (χ1n) is 4.85. The zero-order valence-electron chi connectivity index (χ0n) is 8.65. The number of hydrogen-bond donors (Lipinski definition) is 1. The van der Waals surface area contributed by atoms with Gasteiger partial charge in [0.05, 0.1) is 0 Å². The van der Waals surface area contributed by atoms with Crippen molar-refractivity contribution in [1.82, 2.24) is 0 Å². The van der Waals surface area contributed by atoms with Crippen LogP contribution in [0.15, 0.2) is 24.3 Å². The van der Waals surface area contributed by atoms with Crippen molar-refractivity contribution in [2.45, 2.75) is 19.8 Å². The molecule has 0 aliphatic carbocycles. The normalized spacial score (nSPS) is 11.1. The van der Waals surface area contributed by atoms with Crippen molar-refractivity contribution in [3.05, 3.63) is 34.7 Å². The molecule has 1 aromatic carbocycles. The molecule has 0 aliphatic rings. The standard InChI is InChI=1S/C12H12O2S/c1-7(2)9-5-3-4-8-6-10(12(13)14)15-11(8)9/h3-7H,1-2H3,(H,13,14). The SMILES string of the molecule is CC(C)c1cccc2cc(C(=O)O)sc12. The van der Waals surface area contributed by atoms with Gasteiger partial charge in [0.15, 0.2) is 0 Å². The number of benzene rings is 1. The van der Waals surface area contributed by atoms with Crippen LogP contribution in [0.1, 0.15) is 35.0 Å². The Morgan fingerprint density at radius 3 is 2.73 bits per heavy atom. The maximum absolute atomic E-state index is 10.9. The van der Waals surface area contributed by atoms with E-state index in [4.69, 9.17) is 5.11 Å². The largest absolute Gasteiger partial charge is 0.477 e. The van der Waals surface area contributed by atoms with E-state index in [1.54, 1.807) is 6.07 Å². The molecular weight excluding hydrogens is 208 g/mol. The number of aromatic carboxylic acids is 1. The molecule has 0 spiro atoms. The van der Waals surface area contributed by atoms with Crippen LogP contribution in [0.2, 0.25) is 0 Å². The number of carboxylic acids is 1. The Kier molecular flexibility index (Phi) is 2.49. The van der Waals surface area contributed by atoms with E-state index in [2.05, 4.69) is 19.9 Å². The summed E-state index contributed by atoms with van der Waals surface area (Å²) < 4.78 is 1.10. The fourth-order valence-corrected chi connectivity index (χ4v) is 2.81. The minimum Gasteiger partial charge on any atom is -0.477 e. The lowest BCUT2D eigenvalue weighted by Crippen LogP contribution is -1.89. The van der Waals surface area contributed by atoms with E-state index in [-0.39, 0.29) is 0 Å². The second kappa shape index (κ2) is 3.66. The summed E-state index contributed by atoms with van der Waals surface area (Å²) in [7, 11) is 0. The summed E-state index contributed by atoms with van der Waals surface area (Å²) in [4.78, 5) is 11.3. The summed E-state index contributed by atoms with van der Waals surface area (Å²) >= 11 is 1.36. The first-order chi connectivity index (χ1) is 7.09. The Bertz CT molecular complexity index is 511. The lowest BCUT2D eigenvalue weighted by atomic mass is 10.0. The molecule has 0 unspecified atom stereocenters. The summed E-state index contributed by atoms with van der Waals surface area (Å²) in [6, 6.07) is 7.75. The fraction of sp³-hybridized carbons (Fsp3) is 0.250. The van der Waals surface area contributed by atoms with Crippen molar-refractivity contribution < 1.29 is 9.90 Å². The van der Waals surface area contributed by atoms with Gasteiger partial charge < -0.3 is 5.11 Å². The molecule has 0 atom stereocenters. The molecule has 1 N–H and O–H groups in total. The summed E-state index contributed by atoms with van der Waals surface area (Å²) in [5.74, 6) is -0.417. The van der Waals surface area contributed by atoms with Gasteiger partial charge in [0.2, 0.25) is 0 Å². The van der Waals surface area contributed by atoms with Crippen molar-refractivity contribution in [3.63, 3.8) is 0 Å². The number of rotatable bonds is 2. The highest BCUT2D eigenvalue weighted by molar-refractivity contribution is 7.20. The molecule has 0 fully saturated rings. The molecule has 1 aromatic heterocycles. The molecule has 1 heterocycles. The third-order valence-corrected chi connectivity index (χ3v) is 3.60. The molecule has 0 saturated carbocycles. The van der Waals surface area contributed by atoms with Crippen molar-refractivity contribution in [2.24, 2.45) is 0 Å². The average molecular weight is 220 g/mol. The minimum atomic E-state index is -0.842. The topological polar surface area (TPSA) is 37.3 Å². The zero-order chi connectivity index (χ0) is 11.0. The molecule has 0 bridgehead atoms. The van der Waals surface area contributed by atoms with Gasteiger partial charge in [-0.25, -0.2) is 4.79 Å². The second-order valence-electron chi connectivity index (χ2n) is 3.84. The van der Waals surface area contributed by atoms with E-state index in [0.717, 1.165) is 10.1 Å². The molecule has 78 valence electrons. The van der Waals surface area contributed by atoms with E-state index in [1.807, 2.05) is 12.1 Å².